The minimum Gasteiger partial charge on any atom is -0.349 e. The van der Waals surface area contributed by atoms with Crippen LogP contribution in [0.3, 0.4) is 0 Å². The van der Waals surface area contributed by atoms with Gasteiger partial charge in [-0.1, -0.05) is 103 Å². The predicted molar refractivity (Wildman–Crippen MR) is 145 cm³/mol. The van der Waals surface area contributed by atoms with Gasteiger partial charge in [-0.15, -0.1) is 0 Å². The first kappa shape index (κ1) is 27.1. The molecule has 1 aliphatic heterocycles. The first-order valence-corrected chi connectivity index (χ1v) is 13.2. The number of hydrogen-bond acceptors (Lipinski definition) is 4. The van der Waals surface area contributed by atoms with Crippen LogP contribution in [0.4, 0.5) is 0 Å². The summed E-state index contributed by atoms with van der Waals surface area (Å²) >= 11 is 3.74. The van der Waals surface area contributed by atoms with Crippen LogP contribution in [0.1, 0.15) is 62.3 Å². The van der Waals surface area contributed by atoms with E-state index in [9.17, 15) is 5.26 Å². The molecule has 0 radical (unpaired) electrons. The van der Waals surface area contributed by atoms with Crippen LogP contribution in [0.5, 0.6) is 0 Å². The third-order valence-electron chi connectivity index (χ3n) is 6.17. The Bertz CT molecular complexity index is 1050. The highest BCUT2D eigenvalue weighted by atomic mass is 79.9. The van der Waals surface area contributed by atoms with Gasteiger partial charge in [0.1, 0.15) is 5.41 Å². The molecule has 0 bridgehead atoms. The second-order valence-corrected chi connectivity index (χ2v) is 9.16. The van der Waals surface area contributed by atoms with Gasteiger partial charge in [-0.05, 0) is 36.6 Å². The van der Waals surface area contributed by atoms with Crippen LogP contribution in [0.2, 0.25) is 0 Å². The Morgan fingerprint density at radius 3 is 1.80 bits per heavy atom. The van der Waals surface area contributed by atoms with Crippen molar-refractivity contribution in [2.45, 2.75) is 45.4 Å². The van der Waals surface area contributed by atoms with E-state index in [1.807, 2.05) is 58.0 Å². The summed E-state index contributed by atoms with van der Waals surface area (Å²) in [6.07, 6.45) is -0.401. The SMILES string of the molecule is CC.CCOC(OCC)c1ccc(C2(C#N)CN(C(c3ccccc3)c3ccccc3)C2)c(Br)c1. The van der Waals surface area contributed by atoms with Gasteiger partial charge in [0, 0.05) is 36.3 Å². The standard InChI is InChI=1S/C28H29BrN2O2.C2H6/c1-3-32-27(33-4-2)23-15-16-24(25(29)17-23)28(18-30)19-31(20-28)26(21-11-7-5-8-12-21)22-13-9-6-10-14-22;1-2/h5-17,26-27H,3-4,19-20H2,1-2H3;1-2H3. The number of ether oxygens (including phenoxy) is 2. The number of rotatable bonds is 9. The Kier molecular flexibility index (Phi) is 10.1. The lowest BCUT2D eigenvalue weighted by molar-refractivity contribution is -0.140. The highest BCUT2D eigenvalue weighted by Crippen LogP contribution is 2.44. The van der Waals surface area contributed by atoms with Crippen LogP contribution in [0.25, 0.3) is 0 Å². The highest BCUT2D eigenvalue weighted by molar-refractivity contribution is 9.10. The van der Waals surface area contributed by atoms with Gasteiger partial charge in [-0.2, -0.15) is 5.26 Å². The second kappa shape index (κ2) is 13.0. The fourth-order valence-electron chi connectivity index (χ4n) is 4.63. The Balaban J connectivity index is 0.00000167. The van der Waals surface area contributed by atoms with Crippen molar-refractivity contribution in [2.24, 2.45) is 0 Å². The topological polar surface area (TPSA) is 45.5 Å². The van der Waals surface area contributed by atoms with E-state index < -0.39 is 11.7 Å². The quantitative estimate of drug-likeness (QED) is 0.268. The van der Waals surface area contributed by atoms with E-state index in [4.69, 9.17) is 9.47 Å². The minimum atomic E-state index is -0.564. The number of halogens is 1. The maximum absolute atomic E-state index is 10.3. The number of nitrogens with zero attached hydrogens (tertiary/aromatic N) is 2. The molecule has 5 heteroatoms. The Morgan fingerprint density at radius 1 is 0.857 bits per heavy atom. The lowest BCUT2D eigenvalue weighted by atomic mass is 9.73. The third kappa shape index (κ3) is 6.02. The van der Waals surface area contributed by atoms with E-state index in [-0.39, 0.29) is 6.04 Å². The summed E-state index contributed by atoms with van der Waals surface area (Å²) in [5, 5.41) is 10.3. The summed E-state index contributed by atoms with van der Waals surface area (Å²) in [6, 6.07) is 29.9. The Labute approximate surface area is 218 Å². The zero-order valence-electron chi connectivity index (χ0n) is 21.1. The van der Waals surface area contributed by atoms with Crippen molar-refractivity contribution in [2.75, 3.05) is 26.3 Å². The van der Waals surface area contributed by atoms with Crippen LogP contribution >= 0.6 is 15.9 Å². The molecule has 0 saturated carbocycles. The molecule has 1 fully saturated rings. The van der Waals surface area contributed by atoms with Gasteiger partial charge in [-0.3, -0.25) is 4.90 Å². The number of hydrogen-bond donors (Lipinski definition) is 0. The van der Waals surface area contributed by atoms with Crippen molar-refractivity contribution in [3.05, 3.63) is 106 Å². The lowest BCUT2D eigenvalue weighted by Gasteiger charge is -2.50. The van der Waals surface area contributed by atoms with Crippen molar-refractivity contribution in [1.29, 1.82) is 5.26 Å². The Hall–Kier alpha value is -2.49. The molecule has 0 aromatic heterocycles. The Morgan fingerprint density at radius 2 is 1.37 bits per heavy atom. The average Bonchev–Trinajstić information content (AvgIpc) is 2.88. The van der Waals surface area contributed by atoms with E-state index in [0.29, 0.717) is 26.3 Å². The molecule has 0 atom stereocenters. The van der Waals surface area contributed by atoms with Gasteiger partial charge < -0.3 is 9.47 Å². The molecular formula is C30H35BrN2O2. The summed E-state index contributed by atoms with van der Waals surface area (Å²) in [5.74, 6) is 0. The normalized spacial score (nSPS) is 14.7. The van der Waals surface area contributed by atoms with Crippen molar-refractivity contribution < 1.29 is 9.47 Å². The molecule has 184 valence electrons. The fourth-order valence-corrected chi connectivity index (χ4v) is 5.40. The fraction of sp³-hybridized carbons (Fsp3) is 0.367. The van der Waals surface area contributed by atoms with Gasteiger partial charge in [0.05, 0.1) is 12.1 Å². The summed E-state index contributed by atoms with van der Waals surface area (Å²) < 4.78 is 12.4. The van der Waals surface area contributed by atoms with Crippen molar-refractivity contribution in [3.63, 3.8) is 0 Å². The molecule has 0 aliphatic carbocycles. The number of likely N-dealkylation sites (tertiary alicyclic amines) is 1. The van der Waals surface area contributed by atoms with E-state index in [1.165, 1.54) is 11.1 Å². The molecule has 4 nitrogen and oxygen atoms in total. The molecule has 4 rings (SSSR count). The van der Waals surface area contributed by atoms with Gasteiger partial charge in [0.15, 0.2) is 6.29 Å². The van der Waals surface area contributed by atoms with Crippen LogP contribution < -0.4 is 0 Å². The predicted octanol–water partition coefficient (Wildman–Crippen LogP) is 7.41. The van der Waals surface area contributed by atoms with Crippen molar-refractivity contribution >= 4 is 15.9 Å². The van der Waals surface area contributed by atoms with Gasteiger partial charge in [0.2, 0.25) is 0 Å². The molecule has 3 aromatic rings. The van der Waals surface area contributed by atoms with Gasteiger partial charge in [-0.25, -0.2) is 0 Å². The van der Waals surface area contributed by atoms with Gasteiger partial charge >= 0.3 is 0 Å². The highest BCUT2D eigenvalue weighted by Gasteiger charge is 2.49. The monoisotopic (exact) mass is 534 g/mol. The zero-order valence-corrected chi connectivity index (χ0v) is 22.7. The zero-order chi connectivity index (χ0) is 25.3. The summed E-state index contributed by atoms with van der Waals surface area (Å²) in [5.41, 5.74) is 3.87. The molecule has 1 saturated heterocycles. The molecule has 1 heterocycles. The first-order chi connectivity index (χ1) is 17.1. The van der Waals surface area contributed by atoms with E-state index in [1.54, 1.807) is 0 Å². The van der Waals surface area contributed by atoms with E-state index in [2.05, 4.69) is 75.4 Å². The molecule has 1 aliphatic rings. The van der Waals surface area contributed by atoms with Crippen molar-refractivity contribution in [1.82, 2.24) is 4.90 Å². The molecule has 0 unspecified atom stereocenters. The van der Waals surface area contributed by atoms with E-state index >= 15 is 0 Å². The first-order valence-electron chi connectivity index (χ1n) is 12.4. The smallest absolute Gasteiger partial charge is 0.183 e. The summed E-state index contributed by atoms with van der Waals surface area (Å²) in [6.45, 7) is 10.4. The average molecular weight is 536 g/mol. The van der Waals surface area contributed by atoms with Crippen LogP contribution in [-0.4, -0.2) is 31.2 Å². The van der Waals surface area contributed by atoms with Crippen LogP contribution in [0.15, 0.2) is 83.3 Å². The molecule has 35 heavy (non-hydrogen) atoms. The second-order valence-electron chi connectivity index (χ2n) is 8.30. The molecular weight excluding hydrogens is 500 g/mol. The summed E-state index contributed by atoms with van der Waals surface area (Å²) in [7, 11) is 0. The van der Waals surface area contributed by atoms with Gasteiger partial charge in [0.25, 0.3) is 0 Å². The minimum absolute atomic E-state index is 0.118. The van der Waals surface area contributed by atoms with E-state index in [0.717, 1.165) is 15.6 Å². The molecule has 0 amide bonds. The number of nitriles is 1. The van der Waals surface area contributed by atoms with Crippen LogP contribution in [-0.2, 0) is 14.9 Å². The third-order valence-corrected chi connectivity index (χ3v) is 6.83. The molecule has 3 aromatic carbocycles. The van der Waals surface area contributed by atoms with Crippen molar-refractivity contribution in [3.8, 4) is 6.07 Å². The lowest BCUT2D eigenvalue weighted by Crippen LogP contribution is -2.59. The maximum Gasteiger partial charge on any atom is 0.183 e. The maximum atomic E-state index is 10.3. The largest absolute Gasteiger partial charge is 0.349 e. The molecule has 0 spiro atoms. The number of benzene rings is 3. The summed E-state index contributed by atoms with van der Waals surface area (Å²) in [4.78, 5) is 2.39. The molecule has 0 N–H and O–H groups in total. The van der Waals surface area contributed by atoms with Crippen LogP contribution in [0, 0.1) is 11.3 Å².